The minimum Gasteiger partial charge on any atom is -0.507 e. The summed E-state index contributed by atoms with van der Waals surface area (Å²) in [5.41, 5.74) is 5.14. The molecule has 0 saturated carbocycles. The van der Waals surface area contributed by atoms with Gasteiger partial charge >= 0.3 is 0 Å². The molecule has 0 aliphatic heterocycles. The highest BCUT2D eigenvalue weighted by Crippen LogP contribution is 2.26. The molecule has 0 radical (unpaired) electrons. The molecule has 4 nitrogen and oxygen atoms in total. The molecule has 0 aromatic heterocycles. The van der Waals surface area contributed by atoms with Crippen LogP contribution in [0.5, 0.6) is 11.5 Å². The molecule has 0 unspecified atom stereocenters. The van der Waals surface area contributed by atoms with Gasteiger partial charge < -0.3 is 10.2 Å². The Kier molecular flexibility index (Phi) is 6.68. The number of aromatic hydroxyl groups is 2. The molecule has 0 bridgehead atoms. The van der Waals surface area contributed by atoms with Crippen LogP contribution in [0.1, 0.15) is 61.8 Å². The van der Waals surface area contributed by atoms with Crippen molar-refractivity contribution in [2.75, 3.05) is 0 Å². The number of nitrogens with zero attached hydrogens (tertiary/aromatic N) is 2. The summed E-state index contributed by atoms with van der Waals surface area (Å²) in [5.74, 6) is 1.16. The van der Waals surface area contributed by atoms with Crippen LogP contribution in [0.3, 0.4) is 0 Å². The van der Waals surface area contributed by atoms with E-state index < -0.39 is 0 Å². The van der Waals surface area contributed by atoms with E-state index in [1.54, 1.807) is 24.6 Å². The van der Waals surface area contributed by atoms with Gasteiger partial charge in [0, 0.05) is 23.6 Å². The van der Waals surface area contributed by atoms with Gasteiger partial charge in [-0.15, -0.1) is 0 Å². The van der Waals surface area contributed by atoms with E-state index in [0.717, 1.165) is 22.5 Å². The third-order valence-corrected chi connectivity index (χ3v) is 4.97. The maximum Gasteiger partial charge on any atom is 0.124 e. The lowest BCUT2D eigenvalue weighted by molar-refractivity contribution is 0.473. The van der Waals surface area contributed by atoms with Crippen LogP contribution in [0.15, 0.2) is 70.6 Å². The molecule has 30 heavy (non-hydrogen) atoms. The van der Waals surface area contributed by atoms with Crippen molar-refractivity contribution in [1.29, 1.82) is 0 Å². The Balaban J connectivity index is 1.82. The topological polar surface area (TPSA) is 65.2 Å². The number of aliphatic imine (C=N–C) groups is 2. The molecular weight excluding hydrogens is 372 g/mol. The zero-order chi connectivity index (χ0) is 21.7. The van der Waals surface area contributed by atoms with Gasteiger partial charge in [0.2, 0.25) is 0 Å². The number of hydrogen-bond donors (Lipinski definition) is 2. The summed E-state index contributed by atoms with van der Waals surface area (Å²) in [7, 11) is 0. The Labute approximate surface area is 178 Å². The molecule has 0 spiro atoms. The highest BCUT2D eigenvalue weighted by atomic mass is 16.3. The van der Waals surface area contributed by atoms with Crippen molar-refractivity contribution in [3.63, 3.8) is 0 Å². The molecule has 0 heterocycles. The molecule has 154 valence electrons. The molecule has 0 amide bonds. The van der Waals surface area contributed by atoms with Gasteiger partial charge in [-0.2, -0.15) is 0 Å². The maximum absolute atomic E-state index is 10.1. The number of hydrogen-bond acceptors (Lipinski definition) is 4. The molecule has 0 aliphatic rings. The minimum absolute atomic E-state index is 0.206. The summed E-state index contributed by atoms with van der Waals surface area (Å²) < 4.78 is 0. The molecule has 0 atom stereocenters. The summed E-state index contributed by atoms with van der Waals surface area (Å²) >= 11 is 0. The summed E-state index contributed by atoms with van der Waals surface area (Å²) in [4.78, 5) is 9.00. The van der Waals surface area contributed by atoms with E-state index in [0.29, 0.717) is 23.0 Å². The highest BCUT2D eigenvalue weighted by molar-refractivity contribution is 5.87. The Morgan fingerprint density at radius 2 is 1.07 bits per heavy atom. The average Bonchev–Trinajstić information content (AvgIpc) is 2.72. The van der Waals surface area contributed by atoms with Gasteiger partial charge in [0.15, 0.2) is 0 Å². The standard InChI is InChI=1S/C26H28N2O2/c1-17(2)19-8-10-25(29)21(12-19)15-27-23-6-5-7-24(14-23)28-16-22-13-20(18(3)4)9-11-26(22)30/h5-18,29-30H,1-4H3. The summed E-state index contributed by atoms with van der Waals surface area (Å²) in [6.07, 6.45) is 3.34. The second-order valence-electron chi connectivity index (χ2n) is 7.98. The SMILES string of the molecule is CC(C)c1ccc(O)c(C=Nc2cccc(N=Cc3cc(C(C)C)ccc3O)c2)c1. The fraction of sp³-hybridized carbons (Fsp3) is 0.231. The van der Waals surface area contributed by atoms with Crippen LogP contribution in [-0.4, -0.2) is 22.6 Å². The normalized spacial score (nSPS) is 11.9. The van der Waals surface area contributed by atoms with Gasteiger partial charge in [-0.1, -0.05) is 45.9 Å². The second kappa shape index (κ2) is 9.40. The number of phenolic OH excluding ortho intramolecular Hbond substituents is 2. The van der Waals surface area contributed by atoms with Gasteiger partial charge in [-0.05, 0) is 65.4 Å². The van der Waals surface area contributed by atoms with Gasteiger partial charge in [0.05, 0.1) is 11.4 Å². The molecule has 0 aliphatic carbocycles. The highest BCUT2D eigenvalue weighted by Gasteiger charge is 2.05. The van der Waals surface area contributed by atoms with Gasteiger partial charge in [0.1, 0.15) is 11.5 Å². The molecule has 0 fully saturated rings. The van der Waals surface area contributed by atoms with E-state index >= 15 is 0 Å². The van der Waals surface area contributed by atoms with Crippen molar-refractivity contribution in [1.82, 2.24) is 0 Å². The smallest absolute Gasteiger partial charge is 0.124 e. The molecule has 3 rings (SSSR count). The summed E-state index contributed by atoms with van der Waals surface area (Å²) in [6, 6.07) is 18.7. The Bertz CT molecular complexity index is 999. The largest absolute Gasteiger partial charge is 0.507 e. The van der Waals surface area contributed by atoms with Crippen LogP contribution >= 0.6 is 0 Å². The van der Waals surface area contributed by atoms with Crippen LogP contribution in [0.25, 0.3) is 0 Å². The number of benzene rings is 3. The quantitative estimate of drug-likeness (QED) is 0.445. The van der Waals surface area contributed by atoms with Crippen molar-refractivity contribution in [3.8, 4) is 11.5 Å². The zero-order valence-electron chi connectivity index (χ0n) is 17.9. The molecule has 4 heteroatoms. The second-order valence-corrected chi connectivity index (χ2v) is 7.98. The van der Waals surface area contributed by atoms with E-state index in [2.05, 4.69) is 37.7 Å². The van der Waals surface area contributed by atoms with Crippen molar-refractivity contribution in [2.45, 2.75) is 39.5 Å². The predicted octanol–water partition coefficient (Wildman–Crippen LogP) is 6.85. The third kappa shape index (κ3) is 5.35. The predicted molar refractivity (Wildman–Crippen MR) is 125 cm³/mol. The van der Waals surface area contributed by atoms with Crippen molar-refractivity contribution < 1.29 is 10.2 Å². The zero-order valence-corrected chi connectivity index (χ0v) is 17.9. The van der Waals surface area contributed by atoms with Gasteiger partial charge in [-0.3, -0.25) is 9.98 Å². The summed E-state index contributed by atoms with van der Waals surface area (Å²) in [6.45, 7) is 8.46. The third-order valence-electron chi connectivity index (χ3n) is 4.97. The van der Waals surface area contributed by atoms with Crippen molar-refractivity contribution in [3.05, 3.63) is 82.9 Å². The van der Waals surface area contributed by atoms with Crippen molar-refractivity contribution >= 4 is 23.8 Å². The first-order chi connectivity index (χ1) is 14.3. The van der Waals surface area contributed by atoms with Crippen LogP contribution in [-0.2, 0) is 0 Å². The monoisotopic (exact) mass is 400 g/mol. The van der Waals surface area contributed by atoms with Crippen LogP contribution in [0, 0.1) is 0 Å². The number of phenols is 2. The van der Waals surface area contributed by atoms with E-state index in [1.165, 1.54) is 0 Å². The van der Waals surface area contributed by atoms with E-state index in [9.17, 15) is 10.2 Å². The fourth-order valence-electron chi connectivity index (χ4n) is 3.01. The molecule has 0 saturated heterocycles. The molecular formula is C26H28N2O2. The fourth-order valence-corrected chi connectivity index (χ4v) is 3.01. The average molecular weight is 401 g/mol. The Morgan fingerprint density at radius 3 is 1.47 bits per heavy atom. The van der Waals surface area contributed by atoms with Crippen LogP contribution < -0.4 is 0 Å². The van der Waals surface area contributed by atoms with Gasteiger partial charge in [0.25, 0.3) is 0 Å². The van der Waals surface area contributed by atoms with Crippen LogP contribution in [0.4, 0.5) is 11.4 Å². The first-order valence-electron chi connectivity index (χ1n) is 10.2. The van der Waals surface area contributed by atoms with E-state index in [4.69, 9.17) is 0 Å². The number of rotatable bonds is 6. The minimum atomic E-state index is 0.206. The molecule has 3 aromatic rings. The lowest BCUT2D eigenvalue weighted by Crippen LogP contribution is -1.90. The van der Waals surface area contributed by atoms with Gasteiger partial charge in [-0.25, -0.2) is 0 Å². The van der Waals surface area contributed by atoms with Crippen molar-refractivity contribution in [2.24, 2.45) is 9.98 Å². The van der Waals surface area contributed by atoms with E-state index in [1.807, 2.05) is 48.5 Å². The summed E-state index contributed by atoms with van der Waals surface area (Å²) in [5, 5.41) is 20.2. The molecule has 2 N–H and O–H groups in total. The van der Waals surface area contributed by atoms with Crippen LogP contribution in [0.2, 0.25) is 0 Å². The van der Waals surface area contributed by atoms with E-state index in [-0.39, 0.29) is 11.5 Å². The lowest BCUT2D eigenvalue weighted by atomic mass is 10.0. The Morgan fingerprint density at radius 1 is 0.633 bits per heavy atom. The molecule has 3 aromatic carbocycles. The first kappa shape index (κ1) is 21.3. The first-order valence-corrected chi connectivity index (χ1v) is 10.2. The lowest BCUT2D eigenvalue weighted by Gasteiger charge is -2.07. The maximum atomic E-state index is 10.1. The Hall–Kier alpha value is -3.40.